The Labute approximate surface area is 121 Å². The quantitative estimate of drug-likeness (QED) is 0.866. The lowest BCUT2D eigenvalue weighted by Gasteiger charge is -2.11. The summed E-state index contributed by atoms with van der Waals surface area (Å²) in [4.78, 5) is 10.8. The second-order valence-electron chi connectivity index (χ2n) is 4.73. The Kier molecular flexibility index (Phi) is 4.52. The zero-order valence-electron chi connectivity index (χ0n) is 11.4. The average Bonchev–Trinajstić information content (AvgIpc) is 2.46. The molecule has 0 aliphatic carbocycles. The van der Waals surface area contributed by atoms with E-state index < -0.39 is 12.4 Å². The lowest BCUT2D eigenvalue weighted by molar-refractivity contribution is 0.0696. The highest BCUT2D eigenvalue weighted by atomic mass is 19.3. The molecule has 2 aromatic carbocycles. The van der Waals surface area contributed by atoms with Gasteiger partial charge in [0.25, 0.3) is 6.43 Å². The summed E-state index contributed by atoms with van der Waals surface area (Å²) in [7, 11) is 0. The minimum atomic E-state index is -2.46. The van der Waals surface area contributed by atoms with E-state index in [9.17, 15) is 13.6 Å². The van der Waals surface area contributed by atoms with E-state index in [0.717, 1.165) is 16.8 Å². The highest BCUT2D eigenvalue weighted by Crippen LogP contribution is 2.20. The molecule has 0 amide bonds. The molecule has 0 spiro atoms. The molecular formula is C16H15F2NO2. The van der Waals surface area contributed by atoms with Crippen molar-refractivity contribution in [3.63, 3.8) is 0 Å². The van der Waals surface area contributed by atoms with Gasteiger partial charge in [-0.25, -0.2) is 13.6 Å². The maximum Gasteiger partial charge on any atom is 0.335 e. The number of hydrogen-bond donors (Lipinski definition) is 2. The summed E-state index contributed by atoms with van der Waals surface area (Å²) >= 11 is 0. The monoisotopic (exact) mass is 291 g/mol. The predicted octanol–water partition coefficient (Wildman–Crippen LogP) is 4.24. The first-order valence-electron chi connectivity index (χ1n) is 6.42. The Morgan fingerprint density at radius 2 is 1.86 bits per heavy atom. The summed E-state index contributed by atoms with van der Waals surface area (Å²) in [6, 6.07) is 10.9. The zero-order chi connectivity index (χ0) is 15.4. The van der Waals surface area contributed by atoms with E-state index in [4.69, 9.17) is 5.11 Å². The molecule has 2 N–H and O–H groups in total. The van der Waals surface area contributed by atoms with Gasteiger partial charge < -0.3 is 10.4 Å². The van der Waals surface area contributed by atoms with Crippen molar-refractivity contribution in [3.05, 3.63) is 64.7 Å². The lowest BCUT2D eigenvalue weighted by Crippen LogP contribution is -2.03. The topological polar surface area (TPSA) is 49.3 Å². The van der Waals surface area contributed by atoms with Gasteiger partial charge in [0, 0.05) is 17.8 Å². The molecule has 110 valence electrons. The van der Waals surface area contributed by atoms with Gasteiger partial charge in [-0.05, 0) is 36.2 Å². The number of anilines is 1. The largest absolute Gasteiger partial charge is 0.478 e. The van der Waals surface area contributed by atoms with Crippen LogP contribution in [0.5, 0.6) is 0 Å². The van der Waals surface area contributed by atoms with Crippen molar-refractivity contribution < 1.29 is 18.7 Å². The molecule has 5 heteroatoms. The standard InChI is InChI=1S/C16H15F2NO2/c1-10-8-13(16(20)21)6-7-14(10)19-9-11-2-4-12(5-3-11)15(17)18/h2-8,15,19H,9H2,1H3,(H,20,21). The van der Waals surface area contributed by atoms with Gasteiger partial charge in [-0.2, -0.15) is 0 Å². The van der Waals surface area contributed by atoms with Gasteiger partial charge in [-0.3, -0.25) is 0 Å². The van der Waals surface area contributed by atoms with Gasteiger partial charge in [-0.1, -0.05) is 24.3 Å². The number of hydrogen-bond acceptors (Lipinski definition) is 2. The summed E-state index contributed by atoms with van der Waals surface area (Å²) in [6.45, 7) is 2.30. The van der Waals surface area contributed by atoms with Crippen LogP contribution in [0.4, 0.5) is 14.5 Å². The fraction of sp³-hybridized carbons (Fsp3) is 0.188. The maximum atomic E-state index is 12.4. The number of aromatic carboxylic acids is 1. The van der Waals surface area contributed by atoms with Crippen LogP contribution in [0.3, 0.4) is 0 Å². The maximum absolute atomic E-state index is 12.4. The van der Waals surface area contributed by atoms with E-state index in [1.807, 2.05) is 6.92 Å². The van der Waals surface area contributed by atoms with Crippen LogP contribution in [-0.2, 0) is 6.54 Å². The van der Waals surface area contributed by atoms with E-state index in [0.29, 0.717) is 6.54 Å². The molecule has 21 heavy (non-hydrogen) atoms. The summed E-state index contributed by atoms with van der Waals surface area (Å²) in [6.07, 6.45) is -2.46. The Morgan fingerprint density at radius 1 is 1.19 bits per heavy atom. The van der Waals surface area contributed by atoms with Gasteiger partial charge >= 0.3 is 5.97 Å². The fourth-order valence-electron chi connectivity index (χ4n) is 1.97. The Bertz CT molecular complexity index is 639. The van der Waals surface area contributed by atoms with Crippen molar-refractivity contribution >= 4 is 11.7 Å². The molecule has 0 radical (unpaired) electrons. The molecule has 0 fully saturated rings. The second-order valence-corrected chi connectivity index (χ2v) is 4.73. The molecular weight excluding hydrogens is 276 g/mol. The molecule has 0 aromatic heterocycles. The molecule has 3 nitrogen and oxygen atoms in total. The van der Waals surface area contributed by atoms with E-state index in [1.54, 1.807) is 24.3 Å². The van der Waals surface area contributed by atoms with E-state index in [1.165, 1.54) is 18.2 Å². The first-order chi connectivity index (χ1) is 9.97. The van der Waals surface area contributed by atoms with E-state index >= 15 is 0 Å². The first-order valence-corrected chi connectivity index (χ1v) is 6.42. The van der Waals surface area contributed by atoms with Crippen LogP contribution >= 0.6 is 0 Å². The van der Waals surface area contributed by atoms with Crippen molar-refractivity contribution in [1.82, 2.24) is 0 Å². The number of carboxylic acids is 1. The first kappa shape index (κ1) is 15.0. The average molecular weight is 291 g/mol. The molecule has 0 unspecified atom stereocenters. The van der Waals surface area contributed by atoms with Crippen LogP contribution < -0.4 is 5.32 Å². The van der Waals surface area contributed by atoms with Gasteiger partial charge in [0.1, 0.15) is 0 Å². The number of nitrogens with one attached hydrogen (secondary N) is 1. The number of halogens is 2. The van der Waals surface area contributed by atoms with E-state index in [-0.39, 0.29) is 11.1 Å². The molecule has 0 heterocycles. The molecule has 0 bridgehead atoms. The van der Waals surface area contributed by atoms with Gasteiger partial charge in [-0.15, -0.1) is 0 Å². The molecule has 0 aliphatic heterocycles. The minimum absolute atomic E-state index is 0.000687. The van der Waals surface area contributed by atoms with Crippen LogP contribution in [0.1, 0.15) is 33.5 Å². The lowest BCUT2D eigenvalue weighted by atomic mass is 10.1. The van der Waals surface area contributed by atoms with Crippen LogP contribution in [-0.4, -0.2) is 11.1 Å². The number of carboxylic acid groups (broad SMARTS) is 1. The normalized spacial score (nSPS) is 10.7. The highest BCUT2D eigenvalue weighted by Gasteiger charge is 2.07. The third-order valence-corrected chi connectivity index (χ3v) is 3.19. The number of carbonyl (C=O) groups is 1. The van der Waals surface area contributed by atoms with Crippen molar-refractivity contribution in [2.24, 2.45) is 0 Å². The van der Waals surface area contributed by atoms with Gasteiger partial charge in [0.2, 0.25) is 0 Å². The molecule has 0 saturated carbocycles. The Hall–Kier alpha value is -2.43. The summed E-state index contributed by atoms with van der Waals surface area (Å²) in [5, 5.41) is 12.1. The van der Waals surface area contributed by atoms with Gasteiger partial charge in [0.15, 0.2) is 0 Å². The number of rotatable bonds is 5. The fourth-order valence-corrected chi connectivity index (χ4v) is 1.97. The molecule has 0 atom stereocenters. The van der Waals surface area contributed by atoms with Crippen molar-refractivity contribution in [1.29, 1.82) is 0 Å². The predicted molar refractivity (Wildman–Crippen MR) is 76.9 cm³/mol. The van der Waals surface area contributed by atoms with Crippen LogP contribution in [0.25, 0.3) is 0 Å². The van der Waals surface area contributed by atoms with Crippen LogP contribution in [0, 0.1) is 6.92 Å². The zero-order valence-corrected chi connectivity index (χ0v) is 11.4. The van der Waals surface area contributed by atoms with Crippen molar-refractivity contribution in [2.75, 3.05) is 5.32 Å². The minimum Gasteiger partial charge on any atom is -0.478 e. The number of aryl methyl sites for hydroxylation is 1. The summed E-state index contributed by atoms with van der Waals surface area (Å²) < 4.78 is 24.9. The third kappa shape index (κ3) is 3.78. The van der Waals surface area contributed by atoms with Crippen molar-refractivity contribution in [2.45, 2.75) is 19.9 Å². The highest BCUT2D eigenvalue weighted by molar-refractivity contribution is 5.88. The van der Waals surface area contributed by atoms with Crippen LogP contribution in [0.2, 0.25) is 0 Å². The second kappa shape index (κ2) is 6.35. The van der Waals surface area contributed by atoms with E-state index in [2.05, 4.69) is 5.32 Å². The molecule has 0 aliphatic rings. The summed E-state index contributed by atoms with van der Waals surface area (Å²) in [5.41, 5.74) is 2.75. The van der Waals surface area contributed by atoms with Crippen molar-refractivity contribution in [3.8, 4) is 0 Å². The number of benzene rings is 2. The smallest absolute Gasteiger partial charge is 0.335 e. The third-order valence-electron chi connectivity index (χ3n) is 3.19. The molecule has 0 saturated heterocycles. The molecule has 2 aromatic rings. The van der Waals surface area contributed by atoms with Gasteiger partial charge in [0.05, 0.1) is 5.56 Å². The number of alkyl halides is 2. The molecule has 2 rings (SSSR count). The Morgan fingerprint density at radius 3 is 2.38 bits per heavy atom. The SMILES string of the molecule is Cc1cc(C(=O)O)ccc1NCc1ccc(C(F)F)cc1. The Balaban J connectivity index is 2.04. The summed E-state index contributed by atoms with van der Waals surface area (Å²) in [5.74, 6) is -0.966. The van der Waals surface area contributed by atoms with Crippen LogP contribution in [0.15, 0.2) is 42.5 Å².